The molecule has 0 saturated carbocycles. The Morgan fingerprint density at radius 2 is 2.25 bits per heavy atom. The van der Waals surface area contributed by atoms with Gasteiger partial charge in [0.1, 0.15) is 5.82 Å². The maximum Gasteiger partial charge on any atom is 0.146 e. The highest BCUT2D eigenvalue weighted by molar-refractivity contribution is 5.50. The van der Waals surface area contributed by atoms with E-state index >= 15 is 0 Å². The van der Waals surface area contributed by atoms with Crippen molar-refractivity contribution < 1.29 is 4.39 Å². The van der Waals surface area contributed by atoms with E-state index < -0.39 is 0 Å². The van der Waals surface area contributed by atoms with Gasteiger partial charge < -0.3 is 10.6 Å². The third kappa shape index (κ3) is 2.19. The molecule has 88 valence electrons. The second-order valence-electron chi connectivity index (χ2n) is 4.84. The molecule has 0 spiro atoms. The van der Waals surface area contributed by atoms with Crippen LogP contribution >= 0.6 is 0 Å². The third-order valence-electron chi connectivity index (χ3n) is 3.26. The minimum Gasteiger partial charge on any atom is -0.369 e. The highest BCUT2D eigenvalue weighted by atomic mass is 19.1. The number of benzene rings is 1. The van der Waals surface area contributed by atoms with Crippen LogP contribution in [0.5, 0.6) is 0 Å². The van der Waals surface area contributed by atoms with Gasteiger partial charge in [-0.1, -0.05) is 13.0 Å². The summed E-state index contributed by atoms with van der Waals surface area (Å²) in [5.41, 5.74) is 7.30. The molecule has 1 saturated heterocycles. The van der Waals surface area contributed by atoms with Crippen molar-refractivity contribution in [3.05, 3.63) is 29.6 Å². The summed E-state index contributed by atoms with van der Waals surface area (Å²) < 4.78 is 13.9. The first-order chi connectivity index (χ1) is 7.58. The van der Waals surface area contributed by atoms with Gasteiger partial charge in [-0.2, -0.15) is 0 Å². The van der Waals surface area contributed by atoms with Crippen LogP contribution in [-0.2, 0) is 0 Å². The second kappa shape index (κ2) is 4.42. The molecule has 3 heteroatoms. The Labute approximate surface area is 96.2 Å². The molecule has 0 aliphatic carbocycles. The average molecular weight is 222 g/mol. The largest absolute Gasteiger partial charge is 0.369 e. The van der Waals surface area contributed by atoms with Crippen molar-refractivity contribution in [3.63, 3.8) is 0 Å². The molecule has 1 heterocycles. The number of hydrogen-bond acceptors (Lipinski definition) is 2. The summed E-state index contributed by atoms with van der Waals surface area (Å²) in [4.78, 5) is 2.12. The number of hydrogen-bond donors (Lipinski definition) is 1. The number of anilines is 1. The zero-order valence-corrected chi connectivity index (χ0v) is 9.91. The summed E-state index contributed by atoms with van der Waals surface area (Å²) in [6.07, 6.45) is 1.15. The molecule has 2 rings (SSSR count). The predicted molar refractivity (Wildman–Crippen MR) is 65.0 cm³/mol. The number of rotatable bonds is 2. The van der Waals surface area contributed by atoms with Gasteiger partial charge in [-0.3, -0.25) is 0 Å². The van der Waals surface area contributed by atoms with Gasteiger partial charge in [0.2, 0.25) is 0 Å². The van der Waals surface area contributed by atoms with E-state index in [0.29, 0.717) is 11.6 Å². The molecule has 0 radical (unpaired) electrons. The summed E-state index contributed by atoms with van der Waals surface area (Å²) in [6, 6.07) is 5.22. The van der Waals surface area contributed by atoms with Crippen molar-refractivity contribution in [2.45, 2.75) is 26.3 Å². The van der Waals surface area contributed by atoms with E-state index in [1.165, 1.54) is 0 Å². The smallest absolute Gasteiger partial charge is 0.146 e. The van der Waals surface area contributed by atoms with Crippen LogP contribution in [0.25, 0.3) is 0 Å². The molecule has 2 N–H and O–H groups in total. The molecule has 1 aromatic rings. The minimum atomic E-state index is -0.149. The van der Waals surface area contributed by atoms with Crippen LogP contribution in [-0.4, -0.2) is 13.1 Å². The quantitative estimate of drug-likeness (QED) is 0.833. The first-order valence-corrected chi connectivity index (χ1v) is 5.88. The lowest BCUT2D eigenvalue weighted by Crippen LogP contribution is -2.20. The van der Waals surface area contributed by atoms with Crippen molar-refractivity contribution in [1.29, 1.82) is 0 Å². The van der Waals surface area contributed by atoms with Crippen molar-refractivity contribution in [3.8, 4) is 0 Å². The summed E-state index contributed by atoms with van der Waals surface area (Å²) >= 11 is 0. The Balaban J connectivity index is 2.22. The van der Waals surface area contributed by atoms with E-state index in [2.05, 4.69) is 11.8 Å². The van der Waals surface area contributed by atoms with Crippen LogP contribution in [0.2, 0.25) is 0 Å². The average Bonchev–Trinajstić information content (AvgIpc) is 2.64. The molecule has 2 atom stereocenters. The van der Waals surface area contributed by atoms with Crippen LogP contribution < -0.4 is 10.6 Å². The topological polar surface area (TPSA) is 29.3 Å². The van der Waals surface area contributed by atoms with Crippen molar-refractivity contribution in [1.82, 2.24) is 0 Å². The molecule has 1 aliphatic heterocycles. The summed E-state index contributed by atoms with van der Waals surface area (Å²) in [6.45, 7) is 5.98. The fourth-order valence-electron chi connectivity index (χ4n) is 2.22. The van der Waals surface area contributed by atoms with Crippen molar-refractivity contribution >= 4 is 5.69 Å². The molecular weight excluding hydrogens is 203 g/mol. The summed E-state index contributed by atoms with van der Waals surface area (Å²) in [7, 11) is 0. The van der Waals surface area contributed by atoms with Gasteiger partial charge in [-0.15, -0.1) is 0 Å². The highest BCUT2D eigenvalue weighted by Crippen LogP contribution is 2.27. The van der Waals surface area contributed by atoms with Crippen molar-refractivity contribution in [2.24, 2.45) is 11.7 Å². The third-order valence-corrected chi connectivity index (χ3v) is 3.26. The van der Waals surface area contributed by atoms with E-state index in [1.54, 1.807) is 6.07 Å². The van der Waals surface area contributed by atoms with Gasteiger partial charge in [-0.25, -0.2) is 4.39 Å². The van der Waals surface area contributed by atoms with E-state index in [0.717, 1.165) is 25.1 Å². The molecule has 0 amide bonds. The number of nitrogens with two attached hydrogens (primary N) is 1. The lowest BCUT2D eigenvalue weighted by Gasteiger charge is -2.19. The molecule has 0 aromatic heterocycles. The zero-order valence-electron chi connectivity index (χ0n) is 9.91. The summed E-state index contributed by atoms with van der Waals surface area (Å²) in [5, 5.41) is 0. The Kier molecular flexibility index (Phi) is 3.15. The molecule has 1 fully saturated rings. The van der Waals surface area contributed by atoms with Crippen LogP contribution in [0.4, 0.5) is 10.1 Å². The Hall–Kier alpha value is -1.09. The van der Waals surface area contributed by atoms with Crippen LogP contribution in [0.15, 0.2) is 18.2 Å². The monoisotopic (exact) mass is 222 g/mol. The fourth-order valence-corrected chi connectivity index (χ4v) is 2.22. The zero-order chi connectivity index (χ0) is 11.7. The van der Waals surface area contributed by atoms with Gasteiger partial charge in [0.15, 0.2) is 0 Å². The lowest BCUT2D eigenvalue weighted by molar-refractivity contribution is 0.615. The lowest BCUT2D eigenvalue weighted by atomic mass is 10.1. The molecule has 1 unspecified atom stereocenters. The molecule has 0 bridgehead atoms. The van der Waals surface area contributed by atoms with Crippen LogP contribution in [0.1, 0.15) is 31.9 Å². The Morgan fingerprint density at radius 1 is 1.50 bits per heavy atom. The molecule has 1 aromatic carbocycles. The number of nitrogens with zero attached hydrogens (tertiary/aromatic N) is 1. The van der Waals surface area contributed by atoms with E-state index in [1.807, 2.05) is 19.1 Å². The van der Waals surface area contributed by atoms with E-state index in [9.17, 15) is 4.39 Å². The van der Waals surface area contributed by atoms with E-state index in [-0.39, 0.29) is 11.9 Å². The Bertz CT molecular complexity index is 376. The molecule has 2 nitrogen and oxygen atoms in total. The highest BCUT2D eigenvalue weighted by Gasteiger charge is 2.21. The van der Waals surface area contributed by atoms with Gasteiger partial charge in [-0.05, 0) is 37.0 Å². The normalized spacial score (nSPS) is 22.5. The van der Waals surface area contributed by atoms with E-state index in [4.69, 9.17) is 5.73 Å². The van der Waals surface area contributed by atoms with Crippen LogP contribution in [0, 0.1) is 11.7 Å². The van der Waals surface area contributed by atoms with Gasteiger partial charge >= 0.3 is 0 Å². The minimum absolute atomic E-state index is 0.110. The molecule has 16 heavy (non-hydrogen) atoms. The first kappa shape index (κ1) is 11.4. The first-order valence-electron chi connectivity index (χ1n) is 5.88. The van der Waals surface area contributed by atoms with Gasteiger partial charge in [0.25, 0.3) is 0 Å². The maximum absolute atomic E-state index is 13.9. The predicted octanol–water partition coefficient (Wildman–Crippen LogP) is 2.69. The maximum atomic E-state index is 13.9. The SMILES string of the molecule is CC1CCN(c2ccc([C@@H](C)N)cc2F)C1. The summed E-state index contributed by atoms with van der Waals surface area (Å²) in [5.74, 6) is 0.511. The number of halogens is 1. The molecular formula is C13H19FN2. The Morgan fingerprint density at radius 3 is 2.75 bits per heavy atom. The van der Waals surface area contributed by atoms with Gasteiger partial charge in [0, 0.05) is 19.1 Å². The van der Waals surface area contributed by atoms with Crippen molar-refractivity contribution in [2.75, 3.05) is 18.0 Å². The standard InChI is InChI=1S/C13H19FN2/c1-9-5-6-16(8-9)13-4-3-11(10(2)15)7-12(13)14/h3-4,7,9-10H,5-6,8,15H2,1-2H3/t9?,10-/m1/s1. The molecule has 1 aliphatic rings. The second-order valence-corrected chi connectivity index (χ2v) is 4.84. The van der Waals surface area contributed by atoms with Gasteiger partial charge in [0.05, 0.1) is 5.69 Å². The van der Waals surface area contributed by atoms with Crippen LogP contribution in [0.3, 0.4) is 0 Å². The fraction of sp³-hybridized carbons (Fsp3) is 0.538.